The summed E-state index contributed by atoms with van der Waals surface area (Å²) in [6, 6.07) is 49.3. The third kappa shape index (κ3) is 8.33. The van der Waals surface area contributed by atoms with Crippen molar-refractivity contribution in [2.45, 2.75) is 78.6 Å². The van der Waals surface area contributed by atoms with E-state index in [2.05, 4.69) is 170 Å². The fourth-order valence-electron chi connectivity index (χ4n) is 11.0. The predicted octanol–water partition coefficient (Wildman–Crippen LogP) is 18.5. The van der Waals surface area contributed by atoms with Gasteiger partial charge in [0, 0.05) is 23.0 Å². The molecule has 1 aliphatic heterocycles. The summed E-state index contributed by atoms with van der Waals surface area (Å²) < 4.78 is 89.1. The summed E-state index contributed by atoms with van der Waals surface area (Å²) in [6.07, 6.45) is 5.66. The first kappa shape index (κ1) is 39.6. The molecule has 0 unspecified atom stereocenters. The van der Waals surface area contributed by atoms with Gasteiger partial charge in [-0.15, -0.1) is 0 Å². The summed E-state index contributed by atoms with van der Waals surface area (Å²) in [5, 5.41) is 2.15. The van der Waals surface area contributed by atoms with Crippen LogP contribution < -0.4 is 9.30 Å². The number of benzene rings is 9. The van der Waals surface area contributed by atoms with E-state index >= 15 is 0 Å². The number of rotatable bonds is 6. The molecule has 0 amide bonds. The van der Waals surface area contributed by atoms with Crippen LogP contribution in [0, 0.1) is 6.33 Å². The van der Waals surface area contributed by atoms with Crippen LogP contribution >= 0.6 is 0 Å². The average molecular weight is 1010 g/mol. The quantitative estimate of drug-likeness (QED) is 0.123. The van der Waals surface area contributed by atoms with Gasteiger partial charge in [-0.25, -0.2) is 4.98 Å². The zero-order valence-electron chi connectivity index (χ0n) is 52.8. The lowest BCUT2D eigenvalue weighted by molar-refractivity contribution is -0.570. The van der Waals surface area contributed by atoms with Gasteiger partial charge in [-0.05, 0) is 143 Å². The zero-order chi connectivity index (χ0) is 59.9. The first-order valence-corrected chi connectivity index (χ1v) is 26.3. The van der Waals surface area contributed by atoms with E-state index in [-0.39, 0.29) is 50.6 Å². The third-order valence-electron chi connectivity index (χ3n) is 15.1. The van der Waals surface area contributed by atoms with Crippen molar-refractivity contribution in [2.24, 2.45) is 0 Å². The minimum Gasteiger partial charge on any atom is -0.458 e. The van der Waals surface area contributed by atoms with Gasteiger partial charge in [0.15, 0.2) is 0 Å². The molecule has 376 valence electrons. The number of para-hydroxylation sites is 2. The topological polar surface area (TPSA) is 35.9 Å². The van der Waals surface area contributed by atoms with Gasteiger partial charge in [-0.1, -0.05) is 208 Å². The number of pyridine rings is 1. The van der Waals surface area contributed by atoms with Crippen molar-refractivity contribution in [3.63, 3.8) is 0 Å². The summed E-state index contributed by atoms with van der Waals surface area (Å²) in [4.78, 5) is 4.90. The lowest BCUT2D eigenvalue weighted by Gasteiger charge is -2.21. The van der Waals surface area contributed by atoms with Gasteiger partial charge in [0.25, 0.3) is 6.33 Å². The monoisotopic (exact) mass is 1010 g/mol. The molecule has 77 heavy (non-hydrogen) atoms. The Bertz CT molecular complexity index is 4770. The first-order chi connectivity index (χ1) is 40.4. The molecule has 0 spiro atoms. The second kappa shape index (κ2) is 17.9. The first-order valence-electron chi connectivity index (χ1n) is 30.3. The van der Waals surface area contributed by atoms with Gasteiger partial charge < -0.3 is 4.74 Å². The third-order valence-corrected chi connectivity index (χ3v) is 15.1. The van der Waals surface area contributed by atoms with Crippen molar-refractivity contribution in [1.82, 2.24) is 14.1 Å². The molecule has 0 saturated heterocycles. The number of fused-ring (bicyclic) bond motifs is 10. The molecule has 0 N–H and O–H groups in total. The van der Waals surface area contributed by atoms with Crippen molar-refractivity contribution in [3.8, 4) is 84.3 Å². The minimum atomic E-state index is -0.528. The maximum Gasteiger partial charge on any atom is 0.269 e. The maximum absolute atomic E-state index is 9.95. The van der Waals surface area contributed by atoms with Crippen LogP contribution in [0.3, 0.4) is 0 Å². The van der Waals surface area contributed by atoms with E-state index in [0.717, 1.165) is 61.0 Å². The molecule has 0 radical (unpaired) electrons. The summed E-state index contributed by atoms with van der Waals surface area (Å²) in [5.74, 6) is 1.94. The molecule has 4 heterocycles. The molecule has 5 nitrogen and oxygen atoms in total. The molecule has 9 aromatic carbocycles. The molecular weight excluding hydrogens is 937 g/mol. The van der Waals surface area contributed by atoms with E-state index in [9.17, 15) is 9.60 Å². The largest absolute Gasteiger partial charge is 0.458 e. The SMILES string of the molecule is [2H]c1c([2H])c([2H])c2c(c1[2H])-c1cccc(-c3ccc(C(C)(C)C)cc3)c1-[n+]1[c-]n(-c3cccc(Oc4ccc5c6ccccc6n(-c6cc(C(C)(C)C)ccn6)c5c4)c3)c3cc(-c4ccc(C(C)(C)C)cc4)cc(c31)-c1c([2H])c([2H])c([2H])c([2H])c1-2. The molecule has 0 fully saturated rings. The normalized spacial score (nSPS) is 13.9. The van der Waals surface area contributed by atoms with Crippen LogP contribution in [-0.4, -0.2) is 14.1 Å². The van der Waals surface area contributed by atoms with Crippen LogP contribution in [0.15, 0.2) is 212 Å². The maximum atomic E-state index is 9.95. The minimum absolute atomic E-state index is 0.0284. The Morgan fingerprint density at radius 1 is 0.455 bits per heavy atom. The van der Waals surface area contributed by atoms with Crippen molar-refractivity contribution < 1.29 is 20.3 Å². The Hall–Kier alpha value is -8.80. The van der Waals surface area contributed by atoms with Crippen LogP contribution in [0.25, 0.3) is 106 Å². The van der Waals surface area contributed by atoms with Gasteiger partial charge in [-0.3, -0.25) is 13.7 Å². The van der Waals surface area contributed by atoms with Gasteiger partial charge in [0.05, 0.1) is 44.4 Å². The van der Waals surface area contributed by atoms with Gasteiger partial charge in [0.1, 0.15) is 17.3 Å². The standard InChI is InChI=1S/C72H62N4O/c1-70(2,3)49-32-28-46(29-33-49)48-40-63-59-23-13-11-21-57(59)56-20-10-12-22-58(56)62-26-17-25-55(47-30-34-50(35-31-47)71(4,5)6)68(62)75-45-74(66(41-48)69(63)75)52-18-16-19-53(43-52)77-54-36-37-61-60-24-14-15-27-64(60)76(65(61)44-54)67-42-51(38-39-73-67)72(7,8)9/h10-44H,1-9H3/i10D,11D,12D,13D,20D,21D,22D,23D. The molecule has 12 aromatic rings. The Kier molecular flexibility index (Phi) is 9.21. The highest BCUT2D eigenvalue weighted by atomic mass is 16.5. The van der Waals surface area contributed by atoms with Crippen molar-refractivity contribution >= 4 is 32.8 Å². The predicted molar refractivity (Wildman–Crippen MR) is 319 cm³/mol. The highest BCUT2D eigenvalue weighted by Gasteiger charge is 2.28. The van der Waals surface area contributed by atoms with Crippen molar-refractivity contribution in [1.29, 1.82) is 0 Å². The fraction of sp³-hybridized carbons (Fsp3) is 0.167. The second-order valence-electron chi connectivity index (χ2n) is 23.3. The summed E-state index contributed by atoms with van der Waals surface area (Å²) in [5.41, 5.74) is 11.4. The lowest BCUT2D eigenvalue weighted by Crippen LogP contribution is -2.32. The Morgan fingerprint density at radius 2 is 1.04 bits per heavy atom. The molecule has 1 aliphatic rings. The van der Waals surface area contributed by atoms with E-state index in [1.807, 2.05) is 76.0 Å². The van der Waals surface area contributed by atoms with E-state index in [1.54, 1.807) is 0 Å². The molecule has 0 aliphatic carbocycles. The molecular formula is C72H62N4O. The van der Waals surface area contributed by atoms with Crippen LogP contribution in [-0.2, 0) is 16.2 Å². The number of nitrogens with zero attached hydrogens (tertiary/aromatic N) is 4. The van der Waals surface area contributed by atoms with E-state index in [1.165, 1.54) is 5.56 Å². The molecule has 0 saturated carbocycles. The van der Waals surface area contributed by atoms with E-state index in [0.29, 0.717) is 45.0 Å². The van der Waals surface area contributed by atoms with Gasteiger partial charge >= 0.3 is 0 Å². The van der Waals surface area contributed by atoms with Crippen molar-refractivity contribution in [3.05, 3.63) is 235 Å². The van der Waals surface area contributed by atoms with Gasteiger partial charge in [0.2, 0.25) is 0 Å². The fourth-order valence-corrected chi connectivity index (χ4v) is 11.0. The lowest BCUT2D eigenvalue weighted by atomic mass is 9.85. The molecule has 5 heteroatoms. The number of ether oxygens (including phenoxy) is 1. The smallest absolute Gasteiger partial charge is 0.269 e. The zero-order valence-corrected chi connectivity index (χ0v) is 44.8. The van der Waals surface area contributed by atoms with Crippen LogP contribution in [0.4, 0.5) is 0 Å². The molecule has 0 atom stereocenters. The number of hydrogen-bond acceptors (Lipinski definition) is 2. The molecule has 13 rings (SSSR count). The van der Waals surface area contributed by atoms with E-state index < -0.39 is 36.3 Å². The Morgan fingerprint density at radius 3 is 1.71 bits per heavy atom. The highest BCUT2D eigenvalue weighted by molar-refractivity contribution is 6.09. The van der Waals surface area contributed by atoms with Crippen LogP contribution in [0.1, 0.15) is 90.0 Å². The second-order valence-corrected chi connectivity index (χ2v) is 23.3. The van der Waals surface area contributed by atoms with Crippen molar-refractivity contribution in [2.75, 3.05) is 0 Å². The van der Waals surface area contributed by atoms with Gasteiger partial charge in [-0.2, -0.15) is 0 Å². The number of hydrogen-bond donors (Lipinski definition) is 0. The molecule has 0 bridgehead atoms. The summed E-state index contributed by atoms with van der Waals surface area (Å²) in [7, 11) is 0. The highest BCUT2D eigenvalue weighted by Crippen LogP contribution is 2.47. The molecule has 3 aromatic heterocycles. The summed E-state index contributed by atoms with van der Waals surface area (Å²) in [6.45, 7) is 19.6. The van der Waals surface area contributed by atoms with E-state index in [4.69, 9.17) is 11.1 Å². The Labute approximate surface area is 463 Å². The summed E-state index contributed by atoms with van der Waals surface area (Å²) >= 11 is 0. The van der Waals surface area contributed by atoms with Crippen LogP contribution in [0.5, 0.6) is 11.5 Å². The Balaban J connectivity index is 1.11. The average Bonchev–Trinajstić information content (AvgIpc) is 1.74. The number of aromatic nitrogens is 4. The number of imidazole rings is 1. The van der Waals surface area contributed by atoms with Crippen LogP contribution in [0.2, 0.25) is 0 Å².